The van der Waals surface area contributed by atoms with E-state index in [1.54, 1.807) is 18.2 Å². The van der Waals surface area contributed by atoms with Crippen LogP contribution in [-0.4, -0.2) is 5.11 Å². The summed E-state index contributed by atoms with van der Waals surface area (Å²) in [5, 5.41) is 9.77. The van der Waals surface area contributed by atoms with Crippen molar-refractivity contribution in [3.8, 4) is 11.5 Å². The molecule has 0 atom stereocenters. The normalized spacial score (nSPS) is 10.4. The molecule has 0 fully saturated rings. The monoisotopic (exact) mass is 286 g/mol. The maximum atomic E-state index is 13.0. The lowest BCUT2D eigenvalue weighted by Crippen LogP contribution is -1.93. The maximum absolute atomic E-state index is 13.0. The van der Waals surface area contributed by atoms with Crippen LogP contribution in [0.5, 0.6) is 11.5 Å². The van der Waals surface area contributed by atoms with Gasteiger partial charge in [0.1, 0.15) is 22.3 Å². The van der Waals surface area contributed by atoms with Crippen LogP contribution in [0, 0.1) is 5.82 Å². The Morgan fingerprint density at radius 1 is 1.11 bits per heavy atom. The van der Waals surface area contributed by atoms with Crippen molar-refractivity contribution < 1.29 is 14.2 Å². The molecule has 18 heavy (non-hydrogen) atoms. The van der Waals surface area contributed by atoms with E-state index in [0.29, 0.717) is 22.1 Å². The predicted octanol–water partition coefficient (Wildman–Crippen LogP) is 4.42. The second kappa shape index (κ2) is 5.57. The summed E-state index contributed by atoms with van der Waals surface area (Å²) in [6.45, 7) is -0.328. The van der Waals surface area contributed by atoms with E-state index in [4.69, 9.17) is 33.0 Å². The average Bonchev–Trinajstić information content (AvgIpc) is 2.37. The quantitative estimate of drug-likeness (QED) is 0.905. The van der Waals surface area contributed by atoms with Gasteiger partial charge in [0.15, 0.2) is 0 Å². The highest BCUT2D eigenvalue weighted by Gasteiger charge is 2.10. The van der Waals surface area contributed by atoms with Crippen LogP contribution >= 0.6 is 23.2 Å². The highest BCUT2D eigenvalue weighted by Crippen LogP contribution is 2.35. The molecule has 0 radical (unpaired) electrons. The Labute approximate surface area is 114 Å². The van der Waals surface area contributed by atoms with Gasteiger partial charge in [-0.15, -0.1) is 0 Å². The van der Waals surface area contributed by atoms with E-state index in [2.05, 4.69) is 0 Å². The van der Waals surface area contributed by atoms with Crippen LogP contribution in [0.15, 0.2) is 36.4 Å². The van der Waals surface area contributed by atoms with Gasteiger partial charge in [-0.25, -0.2) is 4.39 Å². The minimum Gasteiger partial charge on any atom is -0.455 e. The fourth-order valence-electron chi connectivity index (χ4n) is 1.45. The fourth-order valence-corrected chi connectivity index (χ4v) is 1.78. The van der Waals surface area contributed by atoms with E-state index in [-0.39, 0.29) is 11.6 Å². The second-order valence-corrected chi connectivity index (χ2v) is 4.35. The molecule has 0 unspecified atom stereocenters. The van der Waals surface area contributed by atoms with Crippen molar-refractivity contribution in [2.45, 2.75) is 6.61 Å². The molecule has 0 aliphatic carbocycles. The van der Waals surface area contributed by atoms with Gasteiger partial charge in [0.05, 0.1) is 11.6 Å². The van der Waals surface area contributed by atoms with Crippen LogP contribution in [0.25, 0.3) is 0 Å². The molecule has 2 rings (SSSR count). The summed E-state index contributed by atoms with van der Waals surface area (Å²) in [4.78, 5) is 0. The van der Waals surface area contributed by atoms with Gasteiger partial charge < -0.3 is 9.84 Å². The minimum absolute atomic E-state index is 0.271. The van der Waals surface area contributed by atoms with Gasteiger partial charge in [0.25, 0.3) is 0 Å². The molecule has 0 saturated carbocycles. The number of benzene rings is 2. The molecule has 2 nitrogen and oxygen atoms in total. The molecule has 0 aromatic heterocycles. The predicted molar refractivity (Wildman–Crippen MR) is 68.9 cm³/mol. The summed E-state index contributed by atoms with van der Waals surface area (Å²) in [7, 11) is 0. The van der Waals surface area contributed by atoms with E-state index in [1.165, 1.54) is 18.2 Å². The van der Waals surface area contributed by atoms with Crippen LogP contribution in [0.4, 0.5) is 4.39 Å². The van der Waals surface area contributed by atoms with E-state index < -0.39 is 5.82 Å². The largest absolute Gasteiger partial charge is 0.455 e. The second-order valence-electron chi connectivity index (χ2n) is 3.56. The zero-order valence-electron chi connectivity index (χ0n) is 9.16. The van der Waals surface area contributed by atoms with Crippen molar-refractivity contribution in [3.05, 3.63) is 57.8 Å². The maximum Gasteiger partial charge on any atom is 0.147 e. The van der Waals surface area contributed by atoms with E-state index >= 15 is 0 Å². The van der Waals surface area contributed by atoms with Crippen LogP contribution in [0.2, 0.25) is 10.0 Å². The number of halogens is 3. The summed E-state index contributed by atoms with van der Waals surface area (Å²) in [6.07, 6.45) is 0. The summed E-state index contributed by atoms with van der Waals surface area (Å²) in [5.74, 6) is 0.247. The Morgan fingerprint density at radius 2 is 1.89 bits per heavy atom. The molecule has 0 bridgehead atoms. The molecule has 0 aliphatic rings. The van der Waals surface area contributed by atoms with Gasteiger partial charge in [0, 0.05) is 5.56 Å². The van der Waals surface area contributed by atoms with Gasteiger partial charge in [0.2, 0.25) is 0 Å². The summed E-state index contributed by atoms with van der Waals surface area (Å²) >= 11 is 11.8. The topological polar surface area (TPSA) is 29.5 Å². The van der Waals surface area contributed by atoms with Crippen molar-refractivity contribution in [1.29, 1.82) is 0 Å². The Bertz CT molecular complexity index is 573. The van der Waals surface area contributed by atoms with Gasteiger partial charge in [-0.1, -0.05) is 29.3 Å². The molecule has 0 amide bonds. The minimum atomic E-state index is -0.441. The Hall–Kier alpha value is -1.29. The summed E-state index contributed by atoms with van der Waals surface area (Å²) in [6, 6.07) is 8.83. The summed E-state index contributed by atoms with van der Waals surface area (Å²) < 4.78 is 18.5. The smallest absolute Gasteiger partial charge is 0.147 e. The molecular weight excluding hydrogens is 278 g/mol. The molecule has 0 heterocycles. The van der Waals surface area contributed by atoms with E-state index in [1.807, 2.05) is 0 Å². The van der Waals surface area contributed by atoms with Crippen LogP contribution in [0.1, 0.15) is 5.56 Å². The third-order valence-corrected chi connectivity index (χ3v) is 3.13. The lowest BCUT2D eigenvalue weighted by molar-refractivity contribution is 0.276. The van der Waals surface area contributed by atoms with Crippen molar-refractivity contribution >= 4 is 23.2 Å². The van der Waals surface area contributed by atoms with Crippen LogP contribution in [0.3, 0.4) is 0 Å². The van der Waals surface area contributed by atoms with Gasteiger partial charge in [-0.05, 0) is 30.3 Å². The van der Waals surface area contributed by atoms with E-state index in [9.17, 15) is 4.39 Å². The number of aliphatic hydroxyl groups is 1. The molecule has 0 saturated heterocycles. The molecule has 1 N–H and O–H groups in total. The molecule has 0 aliphatic heterocycles. The molecule has 5 heteroatoms. The van der Waals surface area contributed by atoms with Crippen LogP contribution in [-0.2, 0) is 6.61 Å². The lowest BCUT2D eigenvalue weighted by Gasteiger charge is -2.11. The highest BCUT2D eigenvalue weighted by molar-refractivity contribution is 6.42. The van der Waals surface area contributed by atoms with Crippen molar-refractivity contribution in [1.82, 2.24) is 0 Å². The number of rotatable bonds is 3. The number of aliphatic hydroxyl groups excluding tert-OH is 1. The zero-order valence-corrected chi connectivity index (χ0v) is 10.7. The van der Waals surface area contributed by atoms with Crippen molar-refractivity contribution in [2.24, 2.45) is 0 Å². The Kier molecular flexibility index (Phi) is 4.07. The van der Waals surface area contributed by atoms with Crippen molar-refractivity contribution in [3.63, 3.8) is 0 Å². The van der Waals surface area contributed by atoms with Crippen LogP contribution < -0.4 is 4.74 Å². The van der Waals surface area contributed by atoms with Gasteiger partial charge >= 0.3 is 0 Å². The molecule has 0 spiro atoms. The Morgan fingerprint density at radius 3 is 2.61 bits per heavy atom. The average molecular weight is 287 g/mol. The lowest BCUT2D eigenvalue weighted by atomic mass is 10.2. The molecular formula is C13H9Cl2FO2. The molecule has 94 valence electrons. The fraction of sp³-hybridized carbons (Fsp3) is 0.0769. The van der Waals surface area contributed by atoms with Gasteiger partial charge in [-0.3, -0.25) is 0 Å². The first-order chi connectivity index (χ1) is 8.61. The first-order valence-electron chi connectivity index (χ1n) is 5.13. The Balaban J connectivity index is 2.37. The number of hydrogen-bond acceptors (Lipinski definition) is 2. The first kappa shape index (κ1) is 13.1. The number of ether oxygens (including phenoxy) is 1. The standard InChI is InChI=1S/C13H9Cl2FO2/c14-10-2-1-3-12(13(10)15)18-11-5-4-9(16)6-8(11)7-17/h1-6,17H,7H2. The molecule has 2 aromatic carbocycles. The first-order valence-corrected chi connectivity index (χ1v) is 5.88. The zero-order chi connectivity index (χ0) is 13.1. The molecule has 2 aromatic rings. The van der Waals surface area contributed by atoms with Crippen molar-refractivity contribution in [2.75, 3.05) is 0 Å². The van der Waals surface area contributed by atoms with E-state index in [0.717, 1.165) is 0 Å². The third kappa shape index (κ3) is 2.75. The number of hydrogen-bond donors (Lipinski definition) is 1. The summed E-state index contributed by atoms with van der Waals surface area (Å²) in [5.41, 5.74) is 0.339. The SMILES string of the molecule is OCc1cc(F)ccc1Oc1cccc(Cl)c1Cl. The van der Waals surface area contributed by atoms with Gasteiger partial charge in [-0.2, -0.15) is 0 Å². The third-order valence-electron chi connectivity index (χ3n) is 2.33. The highest BCUT2D eigenvalue weighted by atomic mass is 35.5.